The molecule has 4 nitrogen and oxygen atoms in total. The van der Waals surface area contributed by atoms with Gasteiger partial charge in [-0.05, 0) is 57.1 Å². The highest BCUT2D eigenvalue weighted by atomic mass is 15.1. The molecule has 0 aliphatic carbocycles. The van der Waals surface area contributed by atoms with Crippen molar-refractivity contribution in [2.75, 3.05) is 13.6 Å². The van der Waals surface area contributed by atoms with E-state index in [9.17, 15) is 0 Å². The van der Waals surface area contributed by atoms with Gasteiger partial charge in [0.15, 0.2) is 0 Å². The topological polar surface area (TPSA) is 44.8 Å². The number of aryl methyl sites for hydroxylation is 1. The van der Waals surface area contributed by atoms with E-state index in [1.54, 1.807) is 0 Å². The summed E-state index contributed by atoms with van der Waals surface area (Å²) in [5.41, 5.74) is 4.29. The summed E-state index contributed by atoms with van der Waals surface area (Å²) in [5.74, 6) is 0. The average Bonchev–Trinajstić information content (AvgIpc) is 2.98. The van der Waals surface area contributed by atoms with Crippen LogP contribution >= 0.6 is 0 Å². The highest BCUT2D eigenvalue weighted by Crippen LogP contribution is 2.31. The predicted molar refractivity (Wildman–Crippen MR) is 71.2 cm³/mol. The minimum absolute atomic E-state index is 0.534. The van der Waals surface area contributed by atoms with Crippen molar-refractivity contribution in [3.05, 3.63) is 35.7 Å². The largest absolute Gasteiger partial charge is 0.299 e. The van der Waals surface area contributed by atoms with Crippen LogP contribution in [0.1, 0.15) is 30.1 Å². The molecule has 1 N–H and O–H groups in total. The van der Waals surface area contributed by atoms with Crippen LogP contribution in [0.2, 0.25) is 0 Å². The number of aromatic amines is 1. The number of likely N-dealkylation sites (tertiary alicyclic amines) is 1. The van der Waals surface area contributed by atoms with Crippen molar-refractivity contribution < 1.29 is 0 Å². The molecule has 0 spiro atoms. The Hall–Kier alpha value is -1.68. The molecule has 4 heteroatoms. The van der Waals surface area contributed by atoms with E-state index in [-0.39, 0.29) is 0 Å². The summed E-state index contributed by atoms with van der Waals surface area (Å²) < 4.78 is 0. The lowest BCUT2D eigenvalue weighted by Crippen LogP contribution is -2.17. The molecule has 18 heavy (non-hydrogen) atoms. The molecule has 94 valence electrons. The van der Waals surface area contributed by atoms with E-state index in [0.717, 1.165) is 17.1 Å². The number of rotatable bonds is 2. The van der Waals surface area contributed by atoms with Crippen molar-refractivity contribution in [2.24, 2.45) is 0 Å². The van der Waals surface area contributed by atoms with E-state index in [0.29, 0.717) is 6.04 Å². The first-order valence-corrected chi connectivity index (χ1v) is 6.42. The van der Waals surface area contributed by atoms with Crippen molar-refractivity contribution >= 4 is 0 Å². The molecule has 3 rings (SSSR count). The van der Waals surface area contributed by atoms with E-state index in [4.69, 9.17) is 0 Å². The smallest absolute Gasteiger partial charge is 0.111 e. The van der Waals surface area contributed by atoms with Crippen LogP contribution in [0.5, 0.6) is 0 Å². The summed E-state index contributed by atoms with van der Waals surface area (Å²) in [6.07, 6.45) is 4.40. The van der Waals surface area contributed by atoms with E-state index in [1.807, 2.05) is 19.2 Å². The summed E-state index contributed by atoms with van der Waals surface area (Å²) in [4.78, 5) is 6.83. The fraction of sp³-hybridized carbons (Fsp3) is 0.429. The molecule has 0 aromatic carbocycles. The normalized spacial score (nSPS) is 20.4. The number of H-pyrrole nitrogens is 1. The molecule has 1 atom stereocenters. The minimum Gasteiger partial charge on any atom is -0.299 e. The Bertz CT molecular complexity index is 546. The molecule has 0 unspecified atom stereocenters. The Kier molecular flexibility index (Phi) is 2.88. The SMILES string of the molecule is Cc1cc(-c2cc([C@@H]3CCCN3C)ccn2)n[nH]1. The average molecular weight is 242 g/mol. The first kappa shape index (κ1) is 11.4. The van der Waals surface area contributed by atoms with Crippen molar-refractivity contribution in [1.29, 1.82) is 0 Å². The van der Waals surface area contributed by atoms with Crippen LogP contribution in [0.4, 0.5) is 0 Å². The highest BCUT2D eigenvalue weighted by Gasteiger charge is 2.22. The summed E-state index contributed by atoms with van der Waals surface area (Å²) in [5, 5.41) is 7.24. The van der Waals surface area contributed by atoms with Gasteiger partial charge in [0.1, 0.15) is 5.69 Å². The number of hydrogen-bond acceptors (Lipinski definition) is 3. The van der Waals surface area contributed by atoms with Crippen molar-refractivity contribution in [2.45, 2.75) is 25.8 Å². The Balaban J connectivity index is 1.94. The maximum atomic E-state index is 4.42. The quantitative estimate of drug-likeness (QED) is 0.880. The van der Waals surface area contributed by atoms with Gasteiger partial charge in [0.25, 0.3) is 0 Å². The maximum absolute atomic E-state index is 4.42. The van der Waals surface area contributed by atoms with Gasteiger partial charge < -0.3 is 0 Å². The van der Waals surface area contributed by atoms with Crippen LogP contribution < -0.4 is 0 Å². The van der Waals surface area contributed by atoms with Crippen LogP contribution in [-0.2, 0) is 0 Å². The molecule has 2 aromatic rings. The zero-order valence-corrected chi connectivity index (χ0v) is 10.8. The Morgan fingerprint density at radius 1 is 1.33 bits per heavy atom. The number of aromatic nitrogens is 3. The number of hydrogen-bond donors (Lipinski definition) is 1. The lowest BCUT2D eigenvalue weighted by atomic mass is 10.0. The van der Waals surface area contributed by atoms with Gasteiger partial charge in [0, 0.05) is 17.9 Å². The van der Waals surface area contributed by atoms with E-state index < -0.39 is 0 Å². The second kappa shape index (κ2) is 4.53. The first-order chi connectivity index (χ1) is 8.74. The van der Waals surface area contributed by atoms with Gasteiger partial charge in [-0.3, -0.25) is 15.0 Å². The molecule has 3 heterocycles. The van der Waals surface area contributed by atoms with E-state index in [1.165, 1.54) is 24.9 Å². The molecular formula is C14H18N4. The van der Waals surface area contributed by atoms with Gasteiger partial charge in [-0.25, -0.2) is 0 Å². The van der Waals surface area contributed by atoms with Gasteiger partial charge in [-0.15, -0.1) is 0 Å². The Morgan fingerprint density at radius 2 is 2.22 bits per heavy atom. The molecule has 0 radical (unpaired) electrons. The molecule has 0 amide bonds. The summed E-state index contributed by atoms with van der Waals surface area (Å²) in [7, 11) is 2.19. The molecule has 1 aliphatic heterocycles. The van der Waals surface area contributed by atoms with E-state index >= 15 is 0 Å². The van der Waals surface area contributed by atoms with Crippen LogP contribution in [0, 0.1) is 6.92 Å². The van der Waals surface area contributed by atoms with Gasteiger partial charge >= 0.3 is 0 Å². The maximum Gasteiger partial charge on any atom is 0.111 e. The number of nitrogens with zero attached hydrogens (tertiary/aromatic N) is 3. The zero-order chi connectivity index (χ0) is 12.5. The molecule has 1 aliphatic rings. The second-order valence-electron chi connectivity index (χ2n) is 5.05. The summed E-state index contributed by atoms with van der Waals surface area (Å²) >= 11 is 0. The number of nitrogens with one attached hydrogen (secondary N) is 1. The lowest BCUT2D eigenvalue weighted by molar-refractivity contribution is 0.317. The van der Waals surface area contributed by atoms with Crippen LogP contribution in [0.15, 0.2) is 24.4 Å². The molecule has 1 fully saturated rings. The van der Waals surface area contributed by atoms with Crippen LogP contribution in [0.3, 0.4) is 0 Å². The fourth-order valence-electron chi connectivity index (χ4n) is 2.67. The first-order valence-electron chi connectivity index (χ1n) is 6.42. The molecule has 0 bridgehead atoms. The van der Waals surface area contributed by atoms with Gasteiger partial charge in [0.05, 0.1) is 5.69 Å². The number of pyridine rings is 1. The lowest BCUT2D eigenvalue weighted by Gasteiger charge is -2.19. The fourth-order valence-corrected chi connectivity index (χ4v) is 2.67. The molecule has 2 aromatic heterocycles. The van der Waals surface area contributed by atoms with Gasteiger partial charge in [-0.2, -0.15) is 5.10 Å². The molecule has 1 saturated heterocycles. The molecular weight excluding hydrogens is 224 g/mol. The van der Waals surface area contributed by atoms with Crippen molar-refractivity contribution in [3.63, 3.8) is 0 Å². The summed E-state index contributed by atoms with van der Waals surface area (Å²) in [6, 6.07) is 6.86. The third kappa shape index (κ3) is 2.04. The Labute approximate surface area is 107 Å². The summed E-state index contributed by atoms with van der Waals surface area (Å²) in [6.45, 7) is 3.19. The Morgan fingerprint density at radius 3 is 2.89 bits per heavy atom. The third-order valence-electron chi connectivity index (χ3n) is 3.66. The predicted octanol–water partition coefficient (Wildman–Crippen LogP) is 2.55. The van der Waals surface area contributed by atoms with Gasteiger partial charge in [-0.1, -0.05) is 0 Å². The second-order valence-corrected chi connectivity index (χ2v) is 5.05. The monoisotopic (exact) mass is 242 g/mol. The van der Waals surface area contributed by atoms with Crippen LogP contribution in [0.25, 0.3) is 11.4 Å². The highest BCUT2D eigenvalue weighted by molar-refractivity contribution is 5.55. The van der Waals surface area contributed by atoms with Crippen molar-refractivity contribution in [3.8, 4) is 11.4 Å². The van der Waals surface area contributed by atoms with Gasteiger partial charge in [0.2, 0.25) is 0 Å². The molecule has 0 saturated carbocycles. The van der Waals surface area contributed by atoms with Crippen molar-refractivity contribution in [1.82, 2.24) is 20.1 Å². The minimum atomic E-state index is 0.534. The van der Waals surface area contributed by atoms with Crippen LogP contribution in [-0.4, -0.2) is 33.7 Å². The van der Waals surface area contributed by atoms with E-state index in [2.05, 4.69) is 39.3 Å². The third-order valence-corrected chi connectivity index (χ3v) is 3.66. The zero-order valence-electron chi connectivity index (χ0n) is 10.8. The standard InChI is InChI=1S/C14H18N4/c1-10-8-13(17-16-10)12-9-11(5-6-15-12)14-4-3-7-18(14)2/h5-6,8-9,14H,3-4,7H2,1-2H3,(H,16,17)/t14-/m0/s1.